The van der Waals surface area contributed by atoms with Gasteiger partial charge in [-0.1, -0.05) is 34.8 Å². The van der Waals surface area contributed by atoms with Crippen LogP contribution in [0.5, 0.6) is 0 Å². The Bertz CT molecular complexity index is 643. The molecule has 0 saturated carbocycles. The zero-order valence-corrected chi connectivity index (χ0v) is 13.3. The first kappa shape index (κ1) is 15.3. The Hall–Kier alpha value is -1.14. The number of anilines is 2. The highest BCUT2D eigenvalue weighted by atomic mass is 35.5. The molecule has 2 N–H and O–H groups in total. The third-order valence-electron chi connectivity index (χ3n) is 2.23. The van der Waals surface area contributed by atoms with Crippen molar-refractivity contribution in [3.05, 3.63) is 45.2 Å². The van der Waals surface area contributed by atoms with Gasteiger partial charge in [-0.15, -0.1) is 0 Å². The van der Waals surface area contributed by atoms with E-state index < -0.39 is 0 Å². The van der Waals surface area contributed by atoms with E-state index in [1.54, 1.807) is 24.3 Å². The summed E-state index contributed by atoms with van der Waals surface area (Å²) in [6.07, 6.45) is 0. The van der Waals surface area contributed by atoms with Crippen molar-refractivity contribution in [2.45, 2.75) is 6.92 Å². The van der Waals surface area contributed by atoms with Crippen molar-refractivity contribution >= 4 is 63.8 Å². The maximum absolute atomic E-state index is 5.92. The number of rotatable bonds is 2. The monoisotopic (exact) mass is 346 g/mol. The molecule has 104 valence electrons. The first-order valence-electron chi connectivity index (χ1n) is 5.48. The molecule has 8 heteroatoms. The molecule has 1 aromatic heterocycles. The van der Waals surface area contributed by atoms with E-state index in [0.29, 0.717) is 31.9 Å². The van der Waals surface area contributed by atoms with Gasteiger partial charge in [-0.2, -0.15) is 0 Å². The van der Waals surface area contributed by atoms with Crippen molar-refractivity contribution in [3.8, 4) is 0 Å². The number of aryl methyl sites for hydroxylation is 1. The Morgan fingerprint density at radius 2 is 1.80 bits per heavy atom. The standard InChI is InChI=1S/C12H9Cl3N4S/c1-6-4-10(15)18-11(16-6)19-12(20)17-7-2-3-8(13)9(14)5-7/h2-5H,1H3,(H2,16,17,18,19,20). The third kappa shape index (κ3) is 4.18. The number of halogens is 3. The first-order chi connectivity index (χ1) is 9.44. The lowest BCUT2D eigenvalue weighted by atomic mass is 10.3. The van der Waals surface area contributed by atoms with Crippen molar-refractivity contribution in [1.29, 1.82) is 0 Å². The lowest BCUT2D eigenvalue weighted by Gasteiger charge is -2.10. The predicted octanol–water partition coefficient (Wildman–Crippen LogP) is 4.55. The fourth-order valence-corrected chi connectivity index (χ4v) is 2.17. The van der Waals surface area contributed by atoms with Gasteiger partial charge in [0.15, 0.2) is 5.11 Å². The van der Waals surface area contributed by atoms with Crippen LogP contribution in [-0.2, 0) is 0 Å². The molecule has 0 amide bonds. The molecule has 4 nitrogen and oxygen atoms in total. The zero-order valence-electron chi connectivity index (χ0n) is 10.2. The van der Waals surface area contributed by atoms with Crippen LogP contribution < -0.4 is 10.6 Å². The van der Waals surface area contributed by atoms with Crippen molar-refractivity contribution in [2.24, 2.45) is 0 Å². The zero-order chi connectivity index (χ0) is 14.7. The summed E-state index contributed by atoms with van der Waals surface area (Å²) in [6, 6.07) is 6.76. The van der Waals surface area contributed by atoms with Crippen molar-refractivity contribution in [2.75, 3.05) is 10.6 Å². The summed E-state index contributed by atoms with van der Waals surface area (Å²) in [5.74, 6) is 0.326. The highest BCUT2D eigenvalue weighted by Crippen LogP contribution is 2.25. The Morgan fingerprint density at radius 1 is 1.05 bits per heavy atom. The van der Waals surface area contributed by atoms with Gasteiger partial charge in [0.05, 0.1) is 10.0 Å². The van der Waals surface area contributed by atoms with Crippen LogP contribution in [0.15, 0.2) is 24.3 Å². The normalized spacial score (nSPS) is 10.2. The summed E-state index contributed by atoms with van der Waals surface area (Å²) < 4.78 is 0. The summed E-state index contributed by atoms with van der Waals surface area (Å²) in [7, 11) is 0. The molecule has 2 rings (SSSR count). The van der Waals surface area contributed by atoms with Gasteiger partial charge in [0, 0.05) is 11.4 Å². The van der Waals surface area contributed by atoms with E-state index >= 15 is 0 Å². The van der Waals surface area contributed by atoms with Crippen LogP contribution in [0.25, 0.3) is 0 Å². The minimum Gasteiger partial charge on any atom is -0.332 e. The van der Waals surface area contributed by atoms with Crippen LogP contribution in [0, 0.1) is 6.92 Å². The fraction of sp³-hybridized carbons (Fsp3) is 0.0833. The highest BCUT2D eigenvalue weighted by Gasteiger charge is 2.05. The number of hydrogen-bond donors (Lipinski definition) is 2. The minimum atomic E-state index is 0.324. The van der Waals surface area contributed by atoms with E-state index in [2.05, 4.69) is 20.6 Å². The topological polar surface area (TPSA) is 49.8 Å². The number of nitrogens with one attached hydrogen (secondary N) is 2. The summed E-state index contributed by atoms with van der Waals surface area (Å²) in [5.41, 5.74) is 1.44. The molecule has 0 atom stereocenters. The molecular formula is C12H9Cl3N4S. The lowest BCUT2D eigenvalue weighted by Crippen LogP contribution is -2.20. The minimum absolute atomic E-state index is 0.324. The van der Waals surface area contributed by atoms with Gasteiger partial charge in [-0.05, 0) is 43.4 Å². The summed E-state index contributed by atoms with van der Waals surface area (Å²) in [5, 5.41) is 7.38. The van der Waals surface area contributed by atoms with Gasteiger partial charge >= 0.3 is 0 Å². The van der Waals surface area contributed by atoms with Gasteiger partial charge in [-0.25, -0.2) is 9.97 Å². The smallest absolute Gasteiger partial charge is 0.230 e. The predicted molar refractivity (Wildman–Crippen MR) is 88.1 cm³/mol. The molecule has 0 bridgehead atoms. The molecule has 20 heavy (non-hydrogen) atoms. The number of thiocarbonyl (C=S) groups is 1. The van der Waals surface area contributed by atoms with E-state index in [-0.39, 0.29) is 0 Å². The van der Waals surface area contributed by atoms with Crippen LogP contribution in [0.3, 0.4) is 0 Å². The Labute approximate surface area is 136 Å². The molecule has 0 aliphatic rings. The first-order valence-corrected chi connectivity index (χ1v) is 7.02. The molecule has 0 fully saturated rings. The number of hydrogen-bond acceptors (Lipinski definition) is 3. The van der Waals surface area contributed by atoms with Gasteiger partial charge in [0.1, 0.15) is 5.15 Å². The van der Waals surface area contributed by atoms with Crippen LogP contribution in [0.2, 0.25) is 15.2 Å². The molecule has 0 spiro atoms. The van der Waals surface area contributed by atoms with Crippen LogP contribution >= 0.6 is 47.0 Å². The largest absolute Gasteiger partial charge is 0.332 e. The lowest BCUT2D eigenvalue weighted by molar-refractivity contribution is 1.11. The molecule has 1 aromatic carbocycles. The molecule has 0 saturated heterocycles. The quantitative estimate of drug-likeness (QED) is 0.616. The second kappa shape index (κ2) is 6.54. The summed E-state index contributed by atoms with van der Waals surface area (Å²) in [6.45, 7) is 1.81. The molecule has 0 radical (unpaired) electrons. The van der Waals surface area contributed by atoms with Crippen LogP contribution in [0.1, 0.15) is 5.69 Å². The van der Waals surface area contributed by atoms with Crippen LogP contribution in [0.4, 0.5) is 11.6 Å². The third-order valence-corrected chi connectivity index (χ3v) is 3.36. The van der Waals surface area contributed by atoms with Crippen molar-refractivity contribution in [3.63, 3.8) is 0 Å². The molecule has 1 heterocycles. The number of nitrogens with zero attached hydrogens (tertiary/aromatic N) is 2. The second-order valence-electron chi connectivity index (χ2n) is 3.86. The summed E-state index contributed by atoms with van der Waals surface area (Å²) in [4.78, 5) is 8.18. The van der Waals surface area contributed by atoms with Crippen molar-refractivity contribution < 1.29 is 0 Å². The molecule has 0 aliphatic heterocycles. The van der Waals surface area contributed by atoms with Crippen LogP contribution in [-0.4, -0.2) is 15.1 Å². The maximum atomic E-state index is 5.92. The van der Waals surface area contributed by atoms with Gasteiger partial charge in [-0.3, -0.25) is 0 Å². The fourth-order valence-electron chi connectivity index (χ4n) is 1.42. The highest BCUT2D eigenvalue weighted by molar-refractivity contribution is 7.80. The van der Waals surface area contributed by atoms with Crippen molar-refractivity contribution in [1.82, 2.24) is 9.97 Å². The SMILES string of the molecule is Cc1cc(Cl)nc(NC(=S)Nc2ccc(Cl)c(Cl)c2)n1. The molecule has 0 aliphatic carbocycles. The van der Waals surface area contributed by atoms with Gasteiger partial charge in [0.2, 0.25) is 5.95 Å². The maximum Gasteiger partial charge on any atom is 0.230 e. The Morgan fingerprint density at radius 3 is 2.45 bits per heavy atom. The van der Waals surface area contributed by atoms with E-state index in [4.69, 9.17) is 47.0 Å². The van der Waals surface area contributed by atoms with E-state index in [9.17, 15) is 0 Å². The Kier molecular flexibility index (Phi) is 4.99. The average Bonchev–Trinajstić information content (AvgIpc) is 2.32. The van der Waals surface area contributed by atoms with E-state index in [1.807, 2.05) is 6.92 Å². The van der Waals surface area contributed by atoms with Gasteiger partial charge < -0.3 is 10.6 Å². The average molecular weight is 348 g/mol. The molecular weight excluding hydrogens is 339 g/mol. The molecule has 0 unspecified atom stereocenters. The van der Waals surface area contributed by atoms with Gasteiger partial charge in [0.25, 0.3) is 0 Å². The number of aromatic nitrogens is 2. The summed E-state index contributed by atoms with van der Waals surface area (Å²) >= 11 is 22.8. The molecule has 2 aromatic rings. The number of benzene rings is 1. The Balaban J connectivity index is 2.06. The van der Waals surface area contributed by atoms with E-state index in [0.717, 1.165) is 5.69 Å². The second-order valence-corrected chi connectivity index (χ2v) is 5.47. The van der Waals surface area contributed by atoms with E-state index in [1.165, 1.54) is 0 Å².